The molecule has 122 valence electrons. The van der Waals surface area contributed by atoms with Gasteiger partial charge in [0.25, 0.3) is 0 Å². The molecule has 4 rings (SSSR count). The van der Waals surface area contributed by atoms with E-state index >= 15 is 0 Å². The second-order valence-electron chi connectivity index (χ2n) is 6.13. The number of furan rings is 1. The average Bonchev–Trinajstić information content (AvgIpc) is 3.26. The topological polar surface area (TPSA) is 42.2 Å². The minimum atomic E-state index is 0.540. The van der Waals surface area contributed by atoms with E-state index < -0.39 is 0 Å². The van der Waals surface area contributed by atoms with Crippen LogP contribution in [0.4, 0.5) is 0 Å². The van der Waals surface area contributed by atoms with Gasteiger partial charge < -0.3 is 4.42 Å². The molecule has 4 nitrogen and oxygen atoms in total. The van der Waals surface area contributed by atoms with Crippen LogP contribution >= 0.6 is 11.6 Å². The fraction of sp³-hybridized carbons (Fsp3) is 0.263. The molecule has 1 atom stereocenters. The van der Waals surface area contributed by atoms with Gasteiger partial charge >= 0.3 is 0 Å². The van der Waals surface area contributed by atoms with Crippen molar-refractivity contribution in [3.63, 3.8) is 0 Å². The van der Waals surface area contributed by atoms with E-state index in [0.29, 0.717) is 5.92 Å². The summed E-state index contributed by atoms with van der Waals surface area (Å²) < 4.78 is 5.93. The molecular formula is C19H18ClN3O. The van der Waals surface area contributed by atoms with Gasteiger partial charge in [-0.15, -0.1) is 0 Å². The van der Waals surface area contributed by atoms with Crippen molar-refractivity contribution in [3.8, 4) is 11.5 Å². The molecule has 1 saturated heterocycles. The predicted molar refractivity (Wildman–Crippen MR) is 93.8 cm³/mol. The highest BCUT2D eigenvalue weighted by molar-refractivity contribution is 6.30. The first kappa shape index (κ1) is 15.4. The molecule has 0 amide bonds. The molecule has 5 heteroatoms. The molecule has 1 fully saturated rings. The lowest BCUT2D eigenvalue weighted by Gasteiger charge is -2.15. The van der Waals surface area contributed by atoms with E-state index in [1.54, 1.807) is 18.6 Å². The molecule has 0 aliphatic carbocycles. The van der Waals surface area contributed by atoms with Crippen LogP contribution in [-0.4, -0.2) is 28.0 Å². The SMILES string of the molecule is Clc1cccc(C2CCN(Cc3ccc(-c4cnccn4)o3)C2)c1. The Balaban J connectivity index is 1.41. The summed E-state index contributed by atoms with van der Waals surface area (Å²) in [6, 6.07) is 12.2. The Morgan fingerprint density at radius 3 is 3.00 bits per heavy atom. The van der Waals surface area contributed by atoms with Gasteiger partial charge in [-0.05, 0) is 48.7 Å². The van der Waals surface area contributed by atoms with E-state index in [0.717, 1.165) is 48.3 Å². The van der Waals surface area contributed by atoms with Gasteiger partial charge in [0.2, 0.25) is 0 Å². The lowest BCUT2D eigenvalue weighted by molar-refractivity contribution is 0.295. The molecule has 0 saturated carbocycles. The number of hydrogen-bond acceptors (Lipinski definition) is 4. The Morgan fingerprint density at radius 2 is 2.17 bits per heavy atom. The monoisotopic (exact) mass is 339 g/mol. The van der Waals surface area contributed by atoms with E-state index in [2.05, 4.69) is 27.0 Å². The first-order chi connectivity index (χ1) is 11.8. The number of likely N-dealkylation sites (tertiary alicyclic amines) is 1. The van der Waals surface area contributed by atoms with E-state index in [9.17, 15) is 0 Å². The van der Waals surface area contributed by atoms with Crippen LogP contribution < -0.4 is 0 Å². The molecule has 1 unspecified atom stereocenters. The van der Waals surface area contributed by atoms with Crippen LogP contribution in [0.3, 0.4) is 0 Å². The minimum absolute atomic E-state index is 0.540. The standard InChI is InChI=1S/C19H18ClN3O/c20-16-3-1-2-14(10-16)15-6-9-23(12-15)13-17-4-5-19(24-17)18-11-21-7-8-22-18/h1-5,7-8,10-11,15H,6,9,12-13H2. The van der Waals surface area contributed by atoms with Crippen molar-refractivity contribution in [3.05, 3.63) is 71.3 Å². The average molecular weight is 340 g/mol. The Kier molecular flexibility index (Phi) is 4.32. The number of halogens is 1. The van der Waals surface area contributed by atoms with Crippen molar-refractivity contribution in [2.45, 2.75) is 18.9 Å². The summed E-state index contributed by atoms with van der Waals surface area (Å²) >= 11 is 6.11. The normalized spacial score (nSPS) is 18.1. The minimum Gasteiger partial charge on any atom is -0.458 e. The lowest BCUT2D eigenvalue weighted by Crippen LogP contribution is -2.19. The molecule has 1 aliphatic heterocycles. The lowest BCUT2D eigenvalue weighted by atomic mass is 9.99. The molecule has 3 aromatic rings. The Morgan fingerprint density at radius 1 is 1.21 bits per heavy atom. The molecule has 1 aromatic carbocycles. The van der Waals surface area contributed by atoms with Gasteiger partial charge in [0, 0.05) is 24.0 Å². The van der Waals surface area contributed by atoms with Gasteiger partial charge in [-0.3, -0.25) is 9.88 Å². The maximum absolute atomic E-state index is 6.11. The third kappa shape index (κ3) is 3.35. The molecule has 0 spiro atoms. The van der Waals surface area contributed by atoms with Gasteiger partial charge in [0.05, 0.1) is 12.7 Å². The molecule has 3 heterocycles. The summed E-state index contributed by atoms with van der Waals surface area (Å²) in [5, 5.41) is 0.811. The second-order valence-corrected chi connectivity index (χ2v) is 6.57. The van der Waals surface area contributed by atoms with Gasteiger partial charge in [-0.2, -0.15) is 0 Å². The number of benzene rings is 1. The zero-order valence-electron chi connectivity index (χ0n) is 13.2. The summed E-state index contributed by atoms with van der Waals surface area (Å²) in [5.41, 5.74) is 2.09. The van der Waals surface area contributed by atoms with Gasteiger partial charge in [-0.25, -0.2) is 4.98 Å². The van der Waals surface area contributed by atoms with Crippen LogP contribution in [0.1, 0.15) is 23.7 Å². The van der Waals surface area contributed by atoms with Crippen LogP contribution in [0.5, 0.6) is 0 Å². The third-order valence-corrected chi connectivity index (χ3v) is 4.68. The van der Waals surface area contributed by atoms with Crippen molar-refractivity contribution in [1.29, 1.82) is 0 Å². The summed E-state index contributed by atoms with van der Waals surface area (Å²) in [7, 11) is 0. The Labute approximate surface area is 146 Å². The van der Waals surface area contributed by atoms with Crippen LogP contribution in [0.15, 0.2) is 59.4 Å². The van der Waals surface area contributed by atoms with Crippen molar-refractivity contribution >= 4 is 11.6 Å². The van der Waals surface area contributed by atoms with E-state index in [-0.39, 0.29) is 0 Å². The quantitative estimate of drug-likeness (QED) is 0.707. The van der Waals surface area contributed by atoms with E-state index in [4.69, 9.17) is 16.0 Å². The fourth-order valence-corrected chi connectivity index (χ4v) is 3.45. The summed E-state index contributed by atoms with van der Waals surface area (Å²) in [5.74, 6) is 2.27. The molecule has 1 aliphatic rings. The number of aromatic nitrogens is 2. The summed E-state index contributed by atoms with van der Waals surface area (Å²) in [6.07, 6.45) is 6.20. The molecule has 0 N–H and O–H groups in total. The molecular weight excluding hydrogens is 322 g/mol. The van der Waals surface area contributed by atoms with Gasteiger partial charge in [0.1, 0.15) is 11.5 Å². The van der Waals surface area contributed by atoms with Crippen molar-refractivity contribution in [1.82, 2.24) is 14.9 Å². The van der Waals surface area contributed by atoms with Crippen molar-refractivity contribution in [2.24, 2.45) is 0 Å². The maximum Gasteiger partial charge on any atom is 0.154 e. The number of rotatable bonds is 4. The van der Waals surface area contributed by atoms with Crippen LogP contribution in [0.2, 0.25) is 5.02 Å². The Hall–Kier alpha value is -2.17. The van der Waals surface area contributed by atoms with Crippen molar-refractivity contribution < 1.29 is 4.42 Å². The first-order valence-corrected chi connectivity index (χ1v) is 8.48. The van der Waals surface area contributed by atoms with Crippen LogP contribution in [-0.2, 0) is 6.54 Å². The fourth-order valence-electron chi connectivity index (χ4n) is 3.26. The highest BCUT2D eigenvalue weighted by Gasteiger charge is 2.24. The zero-order chi connectivity index (χ0) is 16.4. The third-order valence-electron chi connectivity index (χ3n) is 4.45. The van der Waals surface area contributed by atoms with E-state index in [1.165, 1.54) is 5.56 Å². The molecule has 0 bridgehead atoms. The summed E-state index contributed by atoms with van der Waals surface area (Å²) in [6.45, 7) is 2.91. The number of nitrogens with zero attached hydrogens (tertiary/aromatic N) is 3. The van der Waals surface area contributed by atoms with Crippen molar-refractivity contribution in [2.75, 3.05) is 13.1 Å². The van der Waals surface area contributed by atoms with Crippen LogP contribution in [0, 0.1) is 0 Å². The van der Waals surface area contributed by atoms with Crippen LogP contribution in [0.25, 0.3) is 11.5 Å². The molecule has 2 aromatic heterocycles. The Bertz CT molecular complexity index is 818. The maximum atomic E-state index is 6.11. The van der Waals surface area contributed by atoms with Gasteiger partial charge in [0.15, 0.2) is 5.76 Å². The predicted octanol–water partition coefficient (Wildman–Crippen LogP) is 4.38. The zero-order valence-corrected chi connectivity index (χ0v) is 14.0. The van der Waals surface area contributed by atoms with E-state index in [1.807, 2.05) is 24.3 Å². The molecule has 0 radical (unpaired) electrons. The molecule has 24 heavy (non-hydrogen) atoms. The summed E-state index contributed by atoms with van der Waals surface area (Å²) in [4.78, 5) is 10.8. The first-order valence-electron chi connectivity index (χ1n) is 8.11. The highest BCUT2D eigenvalue weighted by Crippen LogP contribution is 2.30. The smallest absolute Gasteiger partial charge is 0.154 e. The largest absolute Gasteiger partial charge is 0.458 e. The second kappa shape index (κ2) is 6.75. The van der Waals surface area contributed by atoms with Gasteiger partial charge in [-0.1, -0.05) is 23.7 Å². The number of hydrogen-bond donors (Lipinski definition) is 0. The highest BCUT2D eigenvalue weighted by atomic mass is 35.5.